The molecule has 7 heteroatoms. The Bertz CT molecular complexity index is 501. The van der Waals surface area contributed by atoms with Gasteiger partial charge in [-0.25, -0.2) is 17.5 Å². The molecule has 0 saturated carbocycles. The topological polar surface area (TPSA) is 46.2 Å². The molecule has 18 heavy (non-hydrogen) atoms. The molecule has 0 amide bonds. The van der Waals surface area contributed by atoms with Gasteiger partial charge in [-0.2, -0.15) is 23.5 Å². The zero-order chi connectivity index (χ0) is 13.0. The van der Waals surface area contributed by atoms with E-state index in [0.29, 0.717) is 11.8 Å². The Morgan fingerprint density at radius 1 is 1.39 bits per heavy atom. The molecule has 1 aliphatic rings. The van der Waals surface area contributed by atoms with E-state index in [-0.39, 0.29) is 4.90 Å². The summed E-state index contributed by atoms with van der Waals surface area (Å²) in [6.45, 7) is 0.399. The Hall–Kier alpha value is -0.240. The van der Waals surface area contributed by atoms with E-state index in [2.05, 4.69) is 4.72 Å². The van der Waals surface area contributed by atoms with Crippen LogP contribution in [-0.4, -0.2) is 37.5 Å². The molecule has 0 spiro atoms. The Morgan fingerprint density at radius 3 is 2.89 bits per heavy atom. The predicted octanol–water partition coefficient (Wildman–Crippen LogP) is 1.95. The Labute approximate surface area is 115 Å². The maximum Gasteiger partial charge on any atom is 0.240 e. The first-order valence-corrected chi connectivity index (χ1v) is 9.21. The van der Waals surface area contributed by atoms with Crippen LogP contribution in [0, 0.1) is 5.82 Å². The molecular weight excluding hydrogens is 293 g/mol. The number of thioether (sulfide) groups is 2. The smallest absolute Gasteiger partial charge is 0.210 e. The average molecular weight is 307 g/mol. The zero-order valence-electron chi connectivity index (χ0n) is 9.63. The molecule has 0 bridgehead atoms. The first-order valence-electron chi connectivity index (χ1n) is 5.52. The molecule has 0 radical (unpaired) electrons. The van der Waals surface area contributed by atoms with Crippen LogP contribution in [-0.2, 0) is 10.0 Å². The van der Waals surface area contributed by atoms with Crippen LogP contribution in [0.3, 0.4) is 0 Å². The number of nitrogens with one attached hydrogen (secondary N) is 1. The summed E-state index contributed by atoms with van der Waals surface area (Å²) in [5.41, 5.74) is 0. The van der Waals surface area contributed by atoms with Crippen molar-refractivity contribution in [2.45, 2.75) is 10.1 Å². The molecule has 1 atom stereocenters. The van der Waals surface area contributed by atoms with Gasteiger partial charge in [-0.15, -0.1) is 0 Å². The van der Waals surface area contributed by atoms with Crippen molar-refractivity contribution in [2.75, 3.05) is 23.8 Å². The molecule has 0 aromatic heterocycles. The first-order chi connectivity index (χ1) is 8.58. The Morgan fingerprint density at radius 2 is 2.22 bits per heavy atom. The minimum absolute atomic E-state index is 0.0176. The van der Waals surface area contributed by atoms with E-state index < -0.39 is 15.8 Å². The number of benzene rings is 1. The highest BCUT2D eigenvalue weighted by Crippen LogP contribution is 2.23. The molecule has 1 fully saturated rings. The third-order valence-electron chi connectivity index (χ3n) is 2.49. The summed E-state index contributed by atoms with van der Waals surface area (Å²) in [6, 6.07) is 5.06. The fourth-order valence-corrected chi connectivity index (χ4v) is 5.40. The molecule has 1 aromatic rings. The van der Waals surface area contributed by atoms with Crippen LogP contribution in [0.15, 0.2) is 29.2 Å². The molecule has 100 valence electrons. The summed E-state index contributed by atoms with van der Waals surface area (Å²) in [5.74, 6) is 2.59. The molecule has 1 aromatic carbocycles. The van der Waals surface area contributed by atoms with E-state index in [1.54, 1.807) is 11.8 Å². The lowest BCUT2D eigenvalue weighted by atomic mass is 10.4. The average Bonchev–Trinajstić information content (AvgIpc) is 2.38. The lowest BCUT2D eigenvalue weighted by Crippen LogP contribution is -2.33. The lowest BCUT2D eigenvalue weighted by molar-refractivity contribution is 0.577. The van der Waals surface area contributed by atoms with Crippen LogP contribution in [0.25, 0.3) is 0 Å². The second-order valence-corrected chi connectivity index (χ2v) is 8.20. The highest BCUT2D eigenvalue weighted by Gasteiger charge is 2.19. The summed E-state index contributed by atoms with van der Waals surface area (Å²) >= 11 is 3.62. The molecule has 2 rings (SSSR count). The van der Waals surface area contributed by atoms with Crippen molar-refractivity contribution in [2.24, 2.45) is 0 Å². The maximum atomic E-state index is 13.0. The number of hydrogen-bond donors (Lipinski definition) is 1. The summed E-state index contributed by atoms with van der Waals surface area (Å²) in [5, 5.41) is 0.298. The molecule has 0 aliphatic carbocycles. The van der Waals surface area contributed by atoms with E-state index in [9.17, 15) is 12.8 Å². The van der Waals surface area contributed by atoms with E-state index in [4.69, 9.17) is 0 Å². The predicted molar refractivity (Wildman–Crippen MR) is 75.2 cm³/mol. The van der Waals surface area contributed by atoms with Crippen molar-refractivity contribution in [3.63, 3.8) is 0 Å². The van der Waals surface area contributed by atoms with Gasteiger partial charge in [-0.05, 0) is 18.2 Å². The van der Waals surface area contributed by atoms with Gasteiger partial charge < -0.3 is 0 Å². The van der Waals surface area contributed by atoms with E-state index in [1.807, 2.05) is 11.8 Å². The lowest BCUT2D eigenvalue weighted by Gasteiger charge is -2.21. The van der Waals surface area contributed by atoms with Crippen molar-refractivity contribution in [3.8, 4) is 0 Å². The maximum absolute atomic E-state index is 13.0. The second kappa shape index (κ2) is 6.27. The Kier molecular flexibility index (Phi) is 4.94. The van der Waals surface area contributed by atoms with Crippen LogP contribution in [0.1, 0.15) is 0 Å². The third kappa shape index (κ3) is 3.88. The molecular formula is C11H14FNO2S3. The van der Waals surface area contributed by atoms with Crippen LogP contribution in [0.2, 0.25) is 0 Å². The minimum Gasteiger partial charge on any atom is -0.210 e. The molecule has 1 saturated heterocycles. The number of halogens is 1. The fourth-order valence-electron chi connectivity index (χ4n) is 1.57. The van der Waals surface area contributed by atoms with Gasteiger partial charge >= 0.3 is 0 Å². The van der Waals surface area contributed by atoms with E-state index >= 15 is 0 Å². The van der Waals surface area contributed by atoms with E-state index in [0.717, 1.165) is 23.3 Å². The largest absolute Gasteiger partial charge is 0.240 e. The number of hydrogen-bond acceptors (Lipinski definition) is 4. The van der Waals surface area contributed by atoms with Gasteiger partial charge in [0.15, 0.2) is 0 Å². The van der Waals surface area contributed by atoms with Crippen molar-refractivity contribution in [1.82, 2.24) is 4.72 Å². The standard InChI is InChI=1S/C11H14FNO2S3/c12-9-2-1-3-11(6-9)18(14,15)13-7-10-8-16-4-5-17-10/h1-3,6,10,13H,4-5,7-8H2. The fraction of sp³-hybridized carbons (Fsp3) is 0.455. The summed E-state index contributed by atoms with van der Waals surface area (Å²) in [7, 11) is -3.59. The van der Waals surface area contributed by atoms with E-state index in [1.165, 1.54) is 18.2 Å². The molecule has 1 unspecified atom stereocenters. The van der Waals surface area contributed by atoms with Crippen LogP contribution < -0.4 is 4.72 Å². The first kappa shape index (κ1) is 14.2. The van der Waals surface area contributed by atoms with Gasteiger partial charge in [-0.1, -0.05) is 6.07 Å². The highest BCUT2D eigenvalue weighted by atomic mass is 32.2. The zero-order valence-corrected chi connectivity index (χ0v) is 12.1. The van der Waals surface area contributed by atoms with Crippen molar-refractivity contribution >= 4 is 33.5 Å². The minimum atomic E-state index is -3.59. The Balaban J connectivity index is 1.98. The monoisotopic (exact) mass is 307 g/mol. The van der Waals surface area contributed by atoms with Gasteiger partial charge in [0.05, 0.1) is 4.90 Å². The molecule has 1 heterocycles. The summed E-state index contributed by atoms with van der Waals surface area (Å²) < 4.78 is 39.4. The quantitative estimate of drug-likeness (QED) is 0.923. The van der Waals surface area contributed by atoms with Crippen LogP contribution >= 0.6 is 23.5 Å². The van der Waals surface area contributed by atoms with Crippen molar-refractivity contribution in [1.29, 1.82) is 0 Å². The van der Waals surface area contributed by atoms with Crippen LogP contribution in [0.5, 0.6) is 0 Å². The van der Waals surface area contributed by atoms with Gasteiger partial charge in [-0.3, -0.25) is 0 Å². The molecule has 1 aliphatic heterocycles. The molecule has 1 N–H and O–H groups in total. The molecule has 3 nitrogen and oxygen atoms in total. The summed E-state index contributed by atoms with van der Waals surface area (Å²) in [4.78, 5) is -0.0176. The van der Waals surface area contributed by atoms with Gasteiger partial charge in [0.1, 0.15) is 5.82 Å². The highest BCUT2D eigenvalue weighted by molar-refractivity contribution is 8.06. The summed E-state index contributed by atoms with van der Waals surface area (Å²) in [6.07, 6.45) is 0. The van der Waals surface area contributed by atoms with Crippen LogP contribution in [0.4, 0.5) is 4.39 Å². The number of rotatable bonds is 4. The third-order valence-corrected chi connectivity index (χ3v) is 6.76. The SMILES string of the molecule is O=S(=O)(NCC1CSCCS1)c1cccc(F)c1. The van der Waals surface area contributed by atoms with Gasteiger partial charge in [0.2, 0.25) is 10.0 Å². The normalized spacial score (nSPS) is 20.8. The number of sulfonamides is 1. The second-order valence-electron chi connectivity index (χ2n) is 3.88. The van der Waals surface area contributed by atoms with Crippen molar-refractivity contribution in [3.05, 3.63) is 30.1 Å². The van der Waals surface area contributed by atoms with Gasteiger partial charge in [0.25, 0.3) is 0 Å². The van der Waals surface area contributed by atoms with Gasteiger partial charge in [0, 0.05) is 29.1 Å². The van der Waals surface area contributed by atoms with Crippen molar-refractivity contribution < 1.29 is 12.8 Å².